The monoisotopic (exact) mass is 909 g/mol. The van der Waals surface area contributed by atoms with E-state index >= 15 is 4.79 Å². The van der Waals surface area contributed by atoms with Crippen molar-refractivity contribution in [2.45, 2.75) is 75.8 Å². The summed E-state index contributed by atoms with van der Waals surface area (Å²) in [7, 11) is 1.56. The number of nitrogens with two attached hydrogens (primary N) is 1. The van der Waals surface area contributed by atoms with Gasteiger partial charge in [-0.15, -0.1) is 6.58 Å². The zero-order chi connectivity index (χ0) is 47.7. The number of ketones is 1. The third-order valence-electron chi connectivity index (χ3n) is 12.6. The molecule has 4 aromatic carbocycles. The number of benzene rings is 4. The average molecular weight is 910 g/mol. The highest BCUT2D eigenvalue weighted by Gasteiger charge is 2.75. The number of Topliss-reactive ketones (excluding diaryl/α,β-unsaturated/α-hetero) is 1. The molecule has 0 unspecified atom stereocenters. The molecule has 1 saturated carbocycles. The van der Waals surface area contributed by atoms with Crippen LogP contribution in [0.5, 0.6) is 11.5 Å². The van der Waals surface area contributed by atoms with E-state index in [1.54, 1.807) is 53.0 Å². The van der Waals surface area contributed by atoms with E-state index < -0.39 is 71.1 Å². The number of nitrogens with zero attached hydrogens (tertiary/aromatic N) is 2. The first-order chi connectivity index (χ1) is 32.1. The van der Waals surface area contributed by atoms with E-state index in [0.717, 1.165) is 27.8 Å². The van der Waals surface area contributed by atoms with Gasteiger partial charge in [-0.3, -0.25) is 14.4 Å². The summed E-state index contributed by atoms with van der Waals surface area (Å²) in [4.78, 5) is 76.4. The molecular weight excluding hydrogens is 855 g/mol. The molecule has 1 saturated heterocycles. The summed E-state index contributed by atoms with van der Waals surface area (Å²) in [5.41, 5.74) is 8.55. The Morgan fingerprint density at radius 1 is 0.910 bits per heavy atom. The number of carbonyl (C=O) groups is 5. The van der Waals surface area contributed by atoms with Crippen molar-refractivity contribution < 1.29 is 47.7 Å². The zero-order valence-electron chi connectivity index (χ0n) is 38.2. The Kier molecular flexibility index (Phi) is 12.8. The normalized spacial score (nSPS) is 21.0. The van der Waals surface area contributed by atoms with E-state index in [1.165, 1.54) is 11.0 Å². The van der Waals surface area contributed by atoms with Gasteiger partial charge in [-0.25, -0.2) is 14.6 Å². The van der Waals surface area contributed by atoms with Crippen molar-refractivity contribution >= 4 is 40.7 Å². The fraction of sp³-hybridized carbons (Fsp3) is 0.346. The number of alkyl carbamates (subject to hydrolysis) is 2. The summed E-state index contributed by atoms with van der Waals surface area (Å²) < 4.78 is 28.9. The van der Waals surface area contributed by atoms with Crippen LogP contribution in [0.25, 0.3) is 33.3 Å². The summed E-state index contributed by atoms with van der Waals surface area (Å²) in [6.07, 6.45) is -1.35. The molecule has 2 fully saturated rings. The van der Waals surface area contributed by atoms with Crippen LogP contribution in [-0.2, 0) is 28.6 Å². The number of rotatable bonds is 15. The Morgan fingerprint density at radius 3 is 2.22 bits per heavy atom. The first kappa shape index (κ1) is 46.3. The van der Waals surface area contributed by atoms with Crippen LogP contribution in [0.2, 0.25) is 0 Å². The van der Waals surface area contributed by atoms with Crippen LogP contribution in [0.3, 0.4) is 0 Å². The van der Waals surface area contributed by atoms with Crippen LogP contribution >= 0.6 is 0 Å². The molecule has 3 aliphatic rings. The molecule has 2 aliphatic carbocycles. The molecule has 5 atom stereocenters. The van der Waals surface area contributed by atoms with Crippen LogP contribution in [-0.4, -0.2) is 102 Å². The molecule has 3 amide bonds. The van der Waals surface area contributed by atoms with E-state index in [1.807, 2.05) is 84.9 Å². The van der Waals surface area contributed by atoms with E-state index in [-0.39, 0.29) is 38.5 Å². The Balaban J connectivity index is 1.09. The van der Waals surface area contributed by atoms with Crippen molar-refractivity contribution in [2.24, 2.45) is 11.1 Å². The molecule has 1 aromatic heterocycles. The lowest BCUT2D eigenvalue weighted by Gasteiger charge is -2.31. The molecule has 348 valence electrons. The van der Waals surface area contributed by atoms with Crippen LogP contribution < -0.4 is 25.8 Å². The number of methoxy groups -OCH3 is 1. The van der Waals surface area contributed by atoms with Crippen LogP contribution in [0.15, 0.2) is 116 Å². The molecule has 5 aromatic rings. The van der Waals surface area contributed by atoms with Crippen LogP contribution in [0.1, 0.15) is 57.6 Å². The van der Waals surface area contributed by atoms with E-state index in [9.17, 15) is 19.2 Å². The largest absolute Gasteiger partial charge is 0.497 e. The van der Waals surface area contributed by atoms with Gasteiger partial charge in [0.2, 0.25) is 5.91 Å². The number of amides is 3. The molecule has 1 aliphatic heterocycles. The predicted octanol–water partition coefficient (Wildman–Crippen LogP) is 7.10. The Hall–Kier alpha value is -7.26. The van der Waals surface area contributed by atoms with E-state index in [0.29, 0.717) is 28.1 Å². The number of esters is 1. The zero-order valence-corrected chi connectivity index (χ0v) is 38.2. The number of likely N-dealkylation sites (tertiary alicyclic amines) is 1. The van der Waals surface area contributed by atoms with E-state index in [2.05, 4.69) is 17.2 Å². The number of hydrogen-bond acceptors (Lipinski definition) is 12. The highest BCUT2D eigenvalue weighted by Crippen LogP contribution is 2.58. The van der Waals surface area contributed by atoms with Gasteiger partial charge in [-0.05, 0) is 68.5 Å². The average Bonchev–Trinajstić information content (AvgIpc) is 3.57. The molecule has 15 heteroatoms. The van der Waals surface area contributed by atoms with Crippen molar-refractivity contribution in [1.82, 2.24) is 20.5 Å². The second-order valence-corrected chi connectivity index (χ2v) is 18.1. The lowest BCUT2D eigenvalue weighted by molar-refractivity contribution is -0.148. The minimum absolute atomic E-state index is 0.00703. The Labute approximate surface area is 388 Å². The molecule has 15 nitrogen and oxygen atoms in total. The maximum atomic E-state index is 15.1. The molecule has 4 N–H and O–H groups in total. The lowest BCUT2D eigenvalue weighted by atomic mass is 9.88. The quantitative estimate of drug-likeness (QED) is 0.0548. The maximum absolute atomic E-state index is 15.1. The first-order valence-corrected chi connectivity index (χ1v) is 22.3. The van der Waals surface area contributed by atoms with Crippen molar-refractivity contribution in [3.63, 3.8) is 0 Å². The second-order valence-electron chi connectivity index (χ2n) is 18.1. The smallest absolute Gasteiger partial charge is 0.408 e. The van der Waals surface area contributed by atoms with Crippen molar-refractivity contribution in [2.75, 3.05) is 33.4 Å². The summed E-state index contributed by atoms with van der Waals surface area (Å²) in [5, 5.41) is 5.93. The SMILES string of the molecule is C=C[C@@]1(C(=O)[C@@H]2C[C@@H](Oc3cc(-c4ccccc4)nc4cc(OC)ccc34)CN2C(=O)[C@H](CNC(=O)OCC2c3ccccc3-c3ccccc32)NC(=O)OC(C)(C)C)C[C@]1(N)C(=O)OCC. The molecule has 0 radical (unpaired) electrons. The van der Waals surface area contributed by atoms with Gasteiger partial charge in [0.1, 0.15) is 41.4 Å². The number of pyridine rings is 1. The fourth-order valence-corrected chi connectivity index (χ4v) is 9.27. The Morgan fingerprint density at radius 2 is 1.58 bits per heavy atom. The number of hydrogen-bond donors (Lipinski definition) is 3. The minimum Gasteiger partial charge on any atom is -0.497 e. The topological polar surface area (TPSA) is 198 Å². The van der Waals surface area contributed by atoms with Gasteiger partial charge in [-0.1, -0.05) is 84.9 Å². The predicted molar refractivity (Wildman–Crippen MR) is 250 cm³/mol. The van der Waals surface area contributed by atoms with Gasteiger partial charge in [0, 0.05) is 35.4 Å². The minimum atomic E-state index is -1.72. The van der Waals surface area contributed by atoms with Crippen molar-refractivity contribution in [3.05, 3.63) is 127 Å². The molecule has 67 heavy (non-hydrogen) atoms. The summed E-state index contributed by atoms with van der Waals surface area (Å²) >= 11 is 0. The third-order valence-corrected chi connectivity index (χ3v) is 12.6. The van der Waals surface area contributed by atoms with E-state index in [4.69, 9.17) is 34.4 Å². The first-order valence-electron chi connectivity index (χ1n) is 22.3. The third kappa shape index (κ3) is 9.15. The number of carbonyl (C=O) groups excluding carboxylic acids is 5. The number of ether oxygens (including phenoxy) is 5. The maximum Gasteiger partial charge on any atom is 0.408 e. The second kappa shape index (κ2) is 18.6. The van der Waals surface area contributed by atoms with Crippen molar-refractivity contribution in [3.8, 4) is 33.9 Å². The lowest BCUT2D eigenvalue weighted by Crippen LogP contribution is -2.57. The summed E-state index contributed by atoms with van der Waals surface area (Å²) in [6, 6.07) is 29.9. The molecule has 0 bridgehead atoms. The van der Waals surface area contributed by atoms with Gasteiger partial charge >= 0.3 is 18.2 Å². The number of nitrogens with one attached hydrogen (secondary N) is 2. The van der Waals surface area contributed by atoms with Gasteiger partial charge in [0.05, 0.1) is 49.5 Å². The summed E-state index contributed by atoms with van der Waals surface area (Å²) in [5.74, 6) is -1.26. The van der Waals surface area contributed by atoms with Gasteiger partial charge in [0.15, 0.2) is 5.78 Å². The molecule has 8 rings (SSSR count). The summed E-state index contributed by atoms with van der Waals surface area (Å²) in [6.45, 7) is 10.0. The highest BCUT2D eigenvalue weighted by atomic mass is 16.6. The number of fused-ring (bicyclic) bond motifs is 4. The van der Waals surface area contributed by atoms with Gasteiger partial charge in [-0.2, -0.15) is 0 Å². The van der Waals surface area contributed by atoms with Crippen LogP contribution in [0.4, 0.5) is 9.59 Å². The molecule has 2 heterocycles. The van der Waals surface area contributed by atoms with Crippen LogP contribution in [0, 0.1) is 5.41 Å². The van der Waals surface area contributed by atoms with Gasteiger partial charge in [0.25, 0.3) is 0 Å². The Bertz CT molecular complexity index is 2690. The van der Waals surface area contributed by atoms with Gasteiger partial charge < -0.3 is 45.0 Å². The standard InChI is InChI=1S/C52H55N5O10/c1-7-51(30-52(51,53)47(60)64-8-2)45(58)43-25-33(66-44-26-40(31-16-10-9-11-17-31)55-41-24-32(63-6)22-23-38(41)44)28-57(43)46(59)42(56-49(62)67-50(3,4)5)27-54-48(61)65-29-39-36-20-14-12-18-34(36)35-19-13-15-21-37(35)39/h7,9-24,26,33,39,42-43H,1,8,25,27-30,53H2,2-6H3,(H,54,61)(H,56,62)/t33-,42+,43+,51+,52+/m1/s1. The molecule has 0 spiro atoms. The molecular formula is C52H55N5O10. The fourth-order valence-electron chi connectivity index (χ4n) is 9.27. The highest BCUT2D eigenvalue weighted by molar-refractivity contribution is 6.06. The number of aromatic nitrogens is 1. The van der Waals surface area contributed by atoms with Crippen molar-refractivity contribution in [1.29, 1.82) is 0 Å².